The van der Waals surface area contributed by atoms with Gasteiger partial charge < -0.3 is 10.8 Å². The van der Waals surface area contributed by atoms with Gasteiger partial charge in [-0.15, -0.1) is 0 Å². The SMILES string of the molecule is CC(O)(CN)CCc1ccsc1. The lowest BCUT2D eigenvalue weighted by molar-refractivity contribution is 0.0603. The first-order valence-corrected chi connectivity index (χ1v) is 5.02. The summed E-state index contributed by atoms with van der Waals surface area (Å²) in [6.45, 7) is 2.11. The lowest BCUT2D eigenvalue weighted by atomic mass is 9.98. The molecule has 68 valence electrons. The minimum Gasteiger partial charge on any atom is -0.389 e. The van der Waals surface area contributed by atoms with Crippen LogP contribution in [-0.4, -0.2) is 17.3 Å². The van der Waals surface area contributed by atoms with E-state index in [1.54, 1.807) is 18.3 Å². The molecule has 0 aliphatic carbocycles. The van der Waals surface area contributed by atoms with Crippen molar-refractivity contribution in [1.29, 1.82) is 0 Å². The van der Waals surface area contributed by atoms with Crippen molar-refractivity contribution in [3.05, 3.63) is 22.4 Å². The summed E-state index contributed by atoms with van der Waals surface area (Å²) in [6, 6.07) is 2.08. The molecule has 0 saturated heterocycles. The number of nitrogens with two attached hydrogens (primary N) is 1. The summed E-state index contributed by atoms with van der Waals surface area (Å²) in [6.07, 6.45) is 1.65. The number of thiophene rings is 1. The Morgan fingerprint density at radius 2 is 2.42 bits per heavy atom. The van der Waals surface area contributed by atoms with E-state index in [0.29, 0.717) is 6.54 Å². The fourth-order valence-electron chi connectivity index (χ4n) is 0.951. The van der Waals surface area contributed by atoms with Crippen molar-refractivity contribution in [2.75, 3.05) is 6.54 Å². The molecule has 1 aromatic heterocycles. The van der Waals surface area contributed by atoms with E-state index >= 15 is 0 Å². The number of hydrogen-bond acceptors (Lipinski definition) is 3. The molecule has 1 aromatic rings. The van der Waals surface area contributed by atoms with Gasteiger partial charge in [-0.25, -0.2) is 0 Å². The third kappa shape index (κ3) is 2.93. The summed E-state index contributed by atoms with van der Waals surface area (Å²) >= 11 is 1.68. The molecular weight excluding hydrogens is 170 g/mol. The van der Waals surface area contributed by atoms with Crippen molar-refractivity contribution in [2.45, 2.75) is 25.4 Å². The summed E-state index contributed by atoms with van der Waals surface area (Å²) in [5.74, 6) is 0. The van der Waals surface area contributed by atoms with Crippen LogP contribution in [0.1, 0.15) is 18.9 Å². The van der Waals surface area contributed by atoms with E-state index in [9.17, 15) is 5.11 Å². The Labute approximate surface area is 77.0 Å². The fraction of sp³-hybridized carbons (Fsp3) is 0.556. The number of rotatable bonds is 4. The van der Waals surface area contributed by atoms with Crippen LogP contribution in [0.15, 0.2) is 16.8 Å². The molecule has 2 nitrogen and oxygen atoms in total. The van der Waals surface area contributed by atoms with Gasteiger partial charge in [0.25, 0.3) is 0 Å². The summed E-state index contributed by atoms with van der Waals surface area (Å²) in [4.78, 5) is 0. The molecule has 0 aliphatic heterocycles. The van der Waals surface area contributed by atoms with Crippen molar-refractivity contribution in [3.8, 4) is 0 Å². The average Bonchev–Trinajstić information content (AvgIpc) is 2.53. The molecule has 0 saturated carbocycles. The first-order valence-electron chi connectivity index (χ1n) is 4.07. The molecule has 1 rings (SSSR count). The second-order valence-corrected chi connectivity index (χ2v) is 4.11. The van der Waals surface area contributed by atoms with Crippen LogP contribution < -0.4 is 5.73 Å². The van der Waals surface area contributed by atoms with Crippen molar-refractivity contribution in [1.82, 2.24) is 0 Å². The molecule has 0 bridgehead atoms. The standard InChI is InChI=1S/C9H15NOS/c1-9(11,7-10)4-2-8-3-5-12-6-8/h3,5-6,11H,2,4,7,10H2,1H3. The molecular formula is C9H15NOS. The van der Waals surface area contributed by atoms with Gasteiger partial charge in [-0.3, -0.25) is 0 Å². The van der Waals surface area contributed by atoms with Crippen LogP contribution in [0.4, 0.5) is 0 Å². The first-order chi connectivity index (χ1) is 5.64. The Kier molecular flexibility index (Phi) is 3.26. The topological polar surface area (TPSA) is 46.2 Å². The summed E-state index contributed by atoms with van der Waals surface area (Å²) in [5, 5.41) is 13.8. The van der Waals surface area contributed by atoms with E-state index < -0.39 is 5.60 Å². The van der Waals surface area contributed by atoms with Gasteiger partial charge in [0.15, 0.2) is 0 Å². The van der Waals surface area contributed by atoms with Crippen LogP contribution in [0.5, 0.6) is 0 Å². The van der Waals surface area contributed by atoms with Crippen LogP contribution in [0.2, 0.25) is 0 Å². The maximum absolute atomic E-state index is 9.60. The minimum absolute atomic E-state index is 0.330. The minimum atomic E-state index is -0.706. The van der Waals surface area contributed by atoms with E-state index in [1.165, 1.54) is 5.56 Å². The highest BCUT2D eigenvalue weighted by Crippen LogP contribution is 2.14. The van der Waals surface area contributed by atoms with Crippen molar-refractivity contribution < 1.29 is 5.11 Å². The Morgan fingerprint density at radius 3 is 2.92 bits per heavy atom. The van der Waals surface area contributed by atoms with E-state index in [2.05, 4.69) is 11.4 Å². The zero-order chi connectivity index (χ0) is 9.03. The van der Waals surface area contributed by atoms with Gasteiger partial charge in [-0.05, 0) is 42.2 Å². The van der Waals surface area contributed by atoms with Gasteiger partial charge in [-0.1, -0.05) is 0 Å². The van der Waals surface area contributed by atoms with E-state index in [1.807, 2.05) is 5.38 Å². The third-order valence-corrected chi connectivity index (χ3v) is 2.70. The zero-order valence-electron chi connectivity index (χ0n) is 7.29. The van der Waals surface area contributed by atoms with Crippen LogP contribution >= 0.6 is 11.3 Å². The zero-order valence-corrected chi connectivity index (χ0v) is 8.10. The Bertz CT molecular complexity index is 218. The monoisotopic (exact) mass is 185 g/mol. The molecule has 12 heavy (non-hydrogen) atoms. The van der Waals surface area contributed by atoms with Gasteiger partial charge in [0.05, 0.1) is 5.60 Å². The molecule has 0 radical (unpaired) electrons. The third-order valence-electron chi connectivity index (χ3n) is 1.97. The number of aryl methyl sites for hydroxylation is 1. The van der Waals surface area contributed by atoms with E-state index in [0.717, 1.165) is 12.8 Å². The molecule has 0 fully saturated rings. The van der Waals surface area contributed by atoms with Gasteiger partial charge in [0, 0.05) is 6.54 Å². The molecule has 0 spiro atoms. The smallest absolute Gasteiger partial charge is 0.0744 e. The fourth-order valence-corrected chi connectivity index (χ4v) is 1.65. The molecule has 1 heterocycles. The lowest BCUT2D eigenvalue weighted by Crippen LogP contribution is -2.34. The number of aliphatic hydroxyl groups is 1. The molecule has 0 aromatic carbocycles. The van der Waals surface area contributed by atoms with Gasteiger partial charge in [0.1, 0.15) is 0 Å². The van der Waals surface area contributed by atoms with Crippen molar-refractivity contribution in [2.24, 2.45) is 5.73 Å². The maximum Gasteiger partial charge on any atom is 0.0744 e. The summed E-state index contributed by atoms with van der Waals surface area (Å²) in [7, 11) is 0. The molecule has 0 aliphatic rings. The van der Waals surface area contributed by atoms with Crippen LogP contribution in [0.3, 0.4) is 0 Å². The lowest BCUT2D eigenvalue weighted by Gasteiger charge is -2.20. The Balaban J connectivity index is 2.36. The van der Waals surface area contributed by atoms with Crippen molar-refractivity contribution >= 4 is 11.3 Å². The molecule has 3 N–H and O–H groups in total. The molecule has 0 amide bonds. The van der Waals surface area contributed by atoms with Crippen LogP contribution in [-0.2, 0) is 6.42 Å². The second kappa shape index (κ2) is 4.03. The van der Waals surface area contributed by atoms with Crippen LogP contribution in [0, 0.1) is 0 Å². The number of hydrogen-bond donors (Lipinski definition) is 2. The molecule has 1 atom stereocenters. The average molecular weight is 185 g/mol. The summed E-state index contributed by atoms with van der Waals surface area (Å²) < 4.78 is 0. The van der Waals surface area contributed by atoms with Crippen molar-refractivity contribution in [3.63, 3.8) is 0 Å². The van der Waals surface area contributed by atoms with E-state index in [4.69, 9.17) is 5.73 Å². The van der Waals surface area contributed by atoms with Gasteiger partial charge in [0.2, 0.25) is 0 Å². The predicted octanol–water partition coefficient (Wildman–Crippen LogP) is 1.39. The van der Waals surface area contributed by atoms with E-state index in [-0.39, 0.29) is 0 Å². The molecule has 3 heteroatoms. The normalized spacial score (nSPS) is 15.9. The molecule has 1 unspecified atom stereocenters. The second-order valence-electron chi connectivity index (χ2n) is 3.33. The predicted molar refractivity (Wildman–Crippen MR) is 52.3 cm³/mol. The highest BCUT2D eigenvalue weighted by atomic mass is 32.1. The Hall–Kier alpha value is -0.380. The largest absolute Gasteiger partial charge is 0.389 e. The quantitative estimate of drug-likeness (QED) is 0.744. The van der Waals surface area contributed by atoms with Gasteiger partial charge >= 0.3 is 0 Å². The highest BCUT2D eigenvalue weighted by Gasteiger charge is 2.17. The van der Waals surface area contributed by atoms with Gasteiger partial charge in [-0.2, -0.15) is 11.3 Å². The maximum atomic E-state index is 9.60. The first kappa shape index (κ1) is 9.71. The highest BCUT2D eigenvalue weighted by molar-refractivity contribution is 7.07. The van der Waals surface area contributed by atoms with Crippen LogP contribution in [0.25, 0.3) is 0 Å². The summed E-state index contributed by atoms with van der Waals surface area (Å²) in [5.41, 5.74) is 5.98. The Morgan fingerprint density at radius 1 is 1.67 bits per heavy atom.